The normalized spacial score (nSPS) is 10.5. The summed E-state index contributed by atoms with van der Waals surface area (Å²) in [6.07, 6.45) is 0. The standard InChI is InChI=1S/C17H16N4O/c1-11-16(21-15-10-6-5-9-14(15)19-11)20-13-8-4-3-7-12(13)17(22)18-2/h3-10H,1-2H3,(H,18,22)(H,20,21). The lowest BCUT2D eigenvalue weighted by Gasteiger charge is -2.12. The minimum Gasteiger partial charge on any atom is -0.355 e. The molecule has 0 saturated heterocycles. The van der Waals surface area contributed by atoms with E-state index in [2.05, 4.69) is 20.6 Å². The van der Waals surface area contributed by atoms with Crippen molar-refractivity contribution < 1.29 is 4.79 Å². The molecule has 0 unspecified atom stereocenters. The average molecular weight is 292 g/mol. The van der Waals surface area contributed by atoms with Gasteiger partial charge in [0.15, 0.2) is 5.82 Å². The number of nitrogens with one attached hydrogen (secondary N) is 2. The zero-order chi connectivity index (χ0) is 15.5. The smallest absolute Gasteiger partial charge is 0.253 e. The third-order valence-electron chi connectivity index (χ3n) is 3.40. The molecule has 22 heavy (non-hydrogen) atoms. The number of nitrogens with zero attached hydrogens (tertiary/aromatic N) is 2. The van der Waals surface area contributed by atoms with Gasteiger partial charge < -0.3 is 10.6 Å². The second-order valence-corrected chi connectivity index (χ2v) is 4.90. The van der Waals surface area contributed by atoms with Crippen LogP contribution in [0.5, 0.6) is 0 Å². The molecule has 0 bridgehead atoms. The van der Waals surface area contributed by atoms with Crippen LogP contribution in [0.4, 0.5) is 11.5 Å². The van der Waals surface area contributed by atoms with Crippen LogP contribution < -0.4 is 10.6 Å². The number of hydrogen-bond donors (Lipinski definition) is 2. The molecule has 0 atom stereocenters. The molecule has 0 aliphatic carbocycles. The fourth-order valence-corrected chi connectivity index (χ4v) is 2.26. The molecule has 0 aliphatic heterocycles. The summed E-state index contributed by atoms with van der Waals surface area (Å²) in [4.78, 5) is 21.1. The number of aryl methyl sites for hydroxylation is 1. The first-order valence-electron chi connectivity index (χ1n) is 7.00. The molecule has 0 saturated carbocycles. The van der Waals surface area contributed by atoms with Gasteiger partial charge in [0.25, 0.3) is 5.91 Å². The lowest BCUT2D eigenvalue weighted by atomic mass is 10.1. The number of anilines is 2. The van der Waals surface area contributed by atoms with Gasteiger partial charge in [0.2, 0.25) is 0 Å². The highest BCUT2D eigenvalue weighted by molar-refractivity contribution is 6.00. The quantitative estimate of drug-likeness (QED) is 0.778. The van der Waals surface area contributed by atoms with Crippen molar-refractivity contribution in [1.29, 1.82) is 0 Å². The van der Waals surface area contributed by atoms with Crippen molar-refractivity contribution in [2.45, 2.75) is 6.92 Å². The summed E-state index contributed by atoms with van der Waals surface area (Å²) in [5.41, 5.74) is 3.72. The maximum atomic E-state index is 11.9. The van der Waals surface area contributed by atoms with Gasteiger partial charge in [0.05, 0.1) is 28.0 Å². The van der Waals surface area contributed by atoms with Gasteiger partial charge in [0, 0.05) is 7.05 Å². The van der Waals surface area contributed by atoms with E-state index in [4.69, 9.17) is 0 Å². The summed E-state index contributed by atoms with van der Waals surface area (Å²) in [6.45, 7) is 1.89. The molecule has 1 amide bonds. The van der Waals surface area contributed by atoms with Gasteiger partial charge >= 0.3 is 0 Å². The van der Waals surface area contributed by atoms with E-state index >= 15 is 0 Å². The van der Waals surface area contributed by atoms with Crippen LogP contribution in [0.1, 0.15) is 16.1 Å². The Morgan fingerprint density at radius 2 is 1.59 bits per heavy atom. The van der Waals surface area contributed by atoms with Crippen molar-refractivity contribution in [3.05, 3.63) is 59.8 Å². The number of carbonyl (C=O) groups excluding carboxylic acids is 1. The van der Waals surface area contributed by atoms with Crippen molar-refractivity contribution in [2.75, 3.05) is 12.4 Å². The molecule has 5 heteroatoms. The average Bonchev–Trinajstić information content (AvgIpc) is 2.55. The minimum atomic E-state index is -0.144. The second-order valence-electron chi connectivity index (χ2n) is 4.90. The van der Waals surface area contributed by atoms with Gasteiger partial charge in [-0.15, -0.1) is 0 Å². The summed E-state index contributed by atoms with van der Waals surface area (Å²) in [6, 6.07) is 15.0. The molecule has 1 aromatic heterocycles. The van der Waals surface area contributed by atoms with E-state index in [1.807, 2.05) is 49.4 Å². The van der Waals surface area contributed by atoms with Gasteiger partial charge in [-0.3, -0.25) is 4.79 Å². The topological polar surface area (TPSA) is 66.9 Å². The number of amides is 1. The second kappa shape index (κ2) is 5.81. The van der Waals surface area contributed by atoms with Gasteiger partial charge in [-0.1, -0.05) is 24.3 Å². The van der Waals surface area contributed by atoms with Gasteiger partial charge in [-0.05, 0) is 31.2 Å². The summed E-state index contributed by atoms with van der Waals surface area (Å²) in [5.74, 6) is 0.504. The first-order chi connectivity index (χ1) is 10.7. The Balaban J connectivity index is 2.03. The maximum absolute atomic E-state index is 11.9. The van der Waals surface area contributed by atoms with Gasteiger partial charge in [-0.2, -0.15) is 0 Å². The molecule has 3 aromatic rings. The van der Waals surface area contributed by atoms with E-state index in [1.54, 1.807) is 13.1 Å². The van der Waals surface area contributed by atoms with Crippen LogP contribution in [0.3, 0.4) is 0 Å². The largest absolute Gasteiger partial charge is 0.355 e. The molecule has 0 fully saturated rings. The van der Waals surface area contributed by atoms with Gasteiger partial charge in [-0.25, -0.2) is 9.97 Å². The van der Waals surface area contributed by atoms with E-state index in [9.17, 15) is 4.79 Å². The van der Waals surface area contributed by atoms with E-state index in [-0.39, 0.29) is 5.91 Å². The van der Waals surface area contributed by atoms with Crippen molar-refractivity contribution >= 4 is 28.4 Å². The molecule has 0 aliphatic rings. The number of para-hydroxylation sites is 3. The number of fused-ring (bicyclic) bond motifs is 1. The van der Waals surface area contributed by atoms with Crippen molar-refractivity contribution in [3.63, 3.8) is 0 Å². The van der Waals surface area contributed by atoms with Crippen molar-refractivity contribution in [1.82, 2.24) is 15.3 Å². The zero-order valence-electron chi connectivity index (χ0n) is 12.4. The highest BCUT2D eigenvalue weighted by Crippen LogP contribution is 2.23. The number of aromatic nitrogens is 2. The summed E-state index contributed by atoms with van der Waals surface area (Å²) < 4.78 is 0. The van der Waals surface area contributed by atoms with E-state index in [0.29, 0.717) is 17.1 Å². The third kappa shape index (κ3) is 2.61. The fourth-order valence-electron chi connectivity index (χ4n) is 2.26. The predicted molar refractivity (Wildman–Crippen MR) is 87.4 cm³/mol. The molecule has 0 radical (unpaired) electrons. The van der Waals surface area contributed by atoms with E-state index in [0.717, 1.165) is 16.7 Å². The van der Waals surface area contributed by atoms with E-state index < -0.39 is 0 Å². The van der Waals surface area contributed by atoms with E-state index in [1.165, 1.54) is 0 Å². The SMILES string of the molecule is CNC(=O)c1ccccc1Nc1nc2ccccc2nc1C. The molecule has 1 heterocycles. The lowest BCUT2D eigenvalue weighted by Crippen LogP contribution is -2.19. The Hall–Kier alpha value is -2.95. The highest BCUT2D eigenvalue weighted by Gasteiger charge is 2.11. The predicted octanol–water partition coefficient (Wildman–Crippen LogP) is 3.04. The van der Waals surface area contributed by atoms with Crippen LogP contribution in [0, 0.1) is 6.92 Å². The number of hydrogen-bond acceptors (Lipinski definition) is 4. The summed E-state index contributed by atoms with van der Waals surface area (Å²) >= 11 is 0. The molecule has 3 rings (SSSR count). The third-order valence-corrected chi connectivity index (χ3v) is 3.40. The molecule has 0 spiro atoms. The van der Waals surface area contributed by atoms with Crippen LogP contribution in [0.25, 0.3) is 11.0 Å². The van der Waals surface area contributed by atoms with Crippen LogP contribution >= 0.6 is 0 Å². The van der Waals surface area contributed by atoms with Crippen LogP contribution in [0.2, 0.25) is 0 Å². The number of rotatable bonds is 3. The molecule has 2 aromatic carbocycles. The molecule has 2 N–H and O–H groups in total. The maximum Gasteiger partial charge on any atom is 0.253 e. The highest BCUT2D eigenvalue weighted by atomic mass is 16.1. The number of benzene rings is 2. The van der Waals surface area contributed by atoms with Crippen molar-refractivity contribution in [3.8, 4) is 0 Å². The summed E-state index contributed by atoms with van der Waals surface area (Å²) in [5, 5.41) is 5.85. The van der Waals surface area contributed by atoms with Crippen molar-refractivity contribution in [2.24, 2.45) is 0 Å². The van der Waals surface area contributed by atoms with Gasteiger partial charge in [0.1, 0.15) is 0 Å². The molecule has 5 nitrogen and oxygen atoms in total. The number of carbonyl (C=O) groups is 1. The first kappa shape index (κ1) is 14.0. The monoisotopic (exact) mass is 292 g/mol. The first-order valence-corrected chi connectivity index (χ1v) is 7.00. The Bertz CT molecular complexity index is 845. The Kier molecular flexibility index (Phi) is 3.70. The fraction of sp³-hybridized carbons (Fsp3) is 0.118. The minimum absolute atomic E-state index is 0.144. The van der Waals surface area contributed by atoms with Crippen LogP contribution in [-0.2, 0) is 0 Å². The van der Waals surface area contributed by atoms with Crippen LogP contribution in [-0.4, -0.2) is 22.9 Å². The summed E-state index contributed by atoms with van der Waals surface area (Å²) in [7, 11) is 1.61. The molecular formula is C17H16N4O. The van der Waals surface area contributed by atoms with Crippen LogP contribution in [0.15, 0.2) is 48.5 Å². The Morgan fingerprint density at radius 1 is 0.955 bits per heavy atom. The Labute approximate surface area is 128 Å². The molecule has 110 valence electrons. The zero-order valence-corrected chi connectivity index (χ0v) is 12.4. The Morgan fingerprint density at radius 3 is 2.32 bits per heavy atom. The lowest BCUT2D eigenvalue weighted by molar-refractivity contribution is 0.0964. The molecular weight excluding hydrogens is 276 g/mol.